The molecule has 0 aromatic carbocycles. The molecule has 7 heteroatoms. The molecule has 1 fully saturated rings. The minimum absolute atomic E-state index is 0.0795. The molecule has 0 bridgehead atoms. The number of carbonyl (C=O) groups is 1. The van der Waals surface area contributed by atoms with Crippen LogP contribution in [0.1, 0.15) is 36.2 Å². The summed E-state index contributed by atoms with van der Waals surface area (Å²) in [5.41, 5.74) is 3.19. The predicted octanol–water partition coefficient (Wildman–Crippen LogP) is 1.53. The third-order valence-corrected chi connectivity index (χ3v) is 4.56. The summed E-state index contributed by atoms with van der Waals surface area (Å²) in [5.74, 6) is 0.815. The Morgan fingerprint density at radius 2 is 2.17 bits per heavy atom. The zero-order valence-corrected chi connectivity index (χ0v) is 14.2. The van der Waals surface area contributed by atoms with Crippen LogP contribution in [0, 0.1) is 13.8 Å². The maximum Gasteiger partial charge on any atom is 0.225 e. The number of aryl methyl sites for hydroxylation is 2. The summed E-state index contributed by atoms with van der Waals surface area (Å²) in [6.45, 7) is 5.72. The molecule has 24 heavy (non-hydrogen) atoms. The Bertz CT molecular complexity index is 684. The molecule has 2 aromatic heterocycles. The molecule has 1 amide bonds. The Morgan fingerprint density at radius 3 is 2.88 bits per heavy atom. The second-order valence-corrected chi connectivity index (χ2v) is 6.32. The highest BCUT2D eigenvalue weighted by Gasteiger charge is 2.23. The molecule has 2 N–H and O–H groups in total. The smallest absolute Gasteiger partial charge is 0.225 e. The Hall–Kier alpha value is -2.44. The lowest BCUT2D eigenvalue weighted by molar-refractivity contribution is -0.121. The average Bonchev–Trinajstić information content (AvgIpc) is 2.93. The molecule has 3 rings (SSSR count). The van der Waals surface area contributed by atoms with Gasteiger partial charge in [-0.05, 0) is 38.3 Å². The monoisotopic (exact) mass is 328 g/mol. The van der Waals surface area contributed by atoms with Gasteiger partial charge in [-0.25, -0.2) is 9.97 Å². The van der Waals surface area contributed by atoms with Gasteiger partial charge in [0, 0.05) is 50.1 Å². The van der Waals surface area contributed by atoms with Crippen LogP contribution in [-0.4, -0.2) is 45.2 Å². The van der Waals surface area contributed by atoms with Crippen LogP contribution < -0.4 is 10.2 Å². The van der Waals surface area contributed by atoms with Crippen LogP contribution in [0.2, 0.25) is 0 Å². The first-order valence-electron chi connectivity index (χ1n) is 8.45. The number of amides is 1. The Labute approximate surface area is 141 Å². The number of aromatic nitrogens is 4. The number of carbonyl (C=O) groups excluding carboxylic acids is 1. The van der Waals surface area contributed by atoms with E-state index in [1.165, 1.54) is 0 Å². The molecule has 0 radical (unpaired) electrons. The lowest BCUT2D eigenvalue weighted by Gasteiger charge is -2.33. The summed E-state index contributed by atoms with van der Waals surface area (Å²) in [6, 6.07) is 1.96. The molecule has 0 spiro atoms. The minimum atomic E-state index is 0.0795. The fourth-order valence-corrected chi connectivity index (χ4v) is 3.04. The lowest BCUT2D eigenvalue weighted by Crippen LogP contribution is -2.48. The minimum Gasteiger partial charge on any atom is -0.352 e. The second kappa shape index (κ2) is 7.42. The molecule has 1 aliphatic rings. The molecular weight excluding hydrogens is 304 g/mol. The molecule has 7 nitrogen and oxygen atoms in total. The van der Waals surface area contributed by atoms with Gasteiger partial charge in [-0.3, -0.25) is 9.89 Å². The van der Waals surface area contributed by atoms with Crippen LogP contribution in [0.15, 0.2) is 18.5 Å². The summed E-state index contributed by atoms with van der Waals surface area (Å²) in [7, 11) is 0. The summed E-state index contributed by atoms with van der Waals surface area (Å²) in [4.78, 5) is 23.0. The molecule has 128 valence electrons. The molecular formula is C17H24N6O. The molecule has 0 aliphatic carbocycles. The third kappa shape index (κ3) is 3.90. The molecule has 1 atom stereocenters. The van der Waals surface area contributed by atoms with E-state index in [2.05, 4.69) is 30.4 Å². The highest BCUT2D eigenvalue weighted by atomic mass is 16.1. The Balaban J connectivity index is 1.50. The van der Waals surface area contributed by atoms with Gasteiger partial charge in [0.15, 0.2) is 0 Å². The third-order valence-electron chi connectivity index (χ3n) is 4.56. The maximum atomic E-state index is 12.2. The van der Waals surface area contributed by atoms with Crippen LogP contribution in [0.3, 0.4) is 0 Å². The van der Waals surface area contributed by atoms with E-state index in [1.807, 2.05) is 19.9 Å². The molecule has 1 unspecified atom stereocenters. The Kier molecular flexibility index (Phi) is 5.08. The Morgan fingerprint density at radius 1 is 1.38 bits per heavy atom. The topological polar surface area (TPSA) is 86.8 Å². The summed E-state index contributed by atoms with van der Waals surface area (Å²) >= 11 is 0. The number of rotatable bonds is 5. The van der Waals surface area contributed by atoms with Crippen molar-refractivity contribution in [3.63, 3.8) is 0 Å². The van der Waals surface area contributed by atoms with Crippen molar-refractivity contribution >= 4 is 11.9 Å². The quantitative estimate of drug-likeness (QED) is 0.869. The van der Waals surface area contributed by atoms with Gasteiger partial charge in [-0.15, -0.1) is 0 Å². The van der Waals surface area contributed by atoms with E-state index in [9.17, 15) is 4.79 Å². The predicted molar refractivity (Wildman–Crippen MR) is 91.8 cm³/mol. The number of nitrogens with zero attached hydrogens (tertiary/aromatic N) is 4. The zero-order valence-electron chi connectivity index (χ0n) is 14.2. The fourth-order valence-electron chi connectivity index (χ4n) is 3.04. The van der Waals surface area contributed by atoms with E-state index in [0.29, 0.717) is 12.8 Å². The number of hydrogen-bond acceptors (Lipinski definition) is 5. The second-order valence-electron chi connectivity index (χ2n) is 6.32. The van der Waals surface area contributed by atoms with Gasteiger partial charge >= 0.3 is 0 Å². The van der Waals surface area contributed by atoms with Crippen molar-refractivity contribution in [3.8, 4) is 0 Å². The number of nitrogens with one attached hydrogen (secondary N) is 2. The summed E-state index contributed by atoms with van der Waals surface area (Å²) in [5, 5.41) is 10.4. The van der Waals surface area contributed by atoms with E-state index in [1.54, 1.807) is 12.4 Å². The summed E-state index contributed by atoms with van der Waals surface area (Å²) < 4.78 is 0. The van der Waals surface area contributed by atoms with Crippen LogP contribution in [0.25, 0.3) is 0 Å². The van der Waals surface area contributed by atoms with Crippen molar-refractivity contribution < 1.29 is 4.79 Å². The molecule has 2 aromatic rings. The number of piperidine rings is 1. The van der Waals surface area contributed by atoms with E-state index in [4.69, 9.17) is 0 Å². The average molecular weight is 328 g/mol. The van der Waals surface area contributed by atoms with Crippen molar-refractivity contribution in [1.29, 1.82) is 0 Å². The fraction of sp³-hybridized carbons (Fsp3) is 0.529. The van der Waals surface area contributed by atoms with Crippen molar-refractivity contribution in [2.45, 2.75) is 45.6 Å². The standard InChI is InChI=1S/C17H24N6O/c1-12-13(2)21-22-15(12)6-7-16(24)20-14-5-3-10-23(11-14)17-18-8-4-9-19-17/h4,8-9,14H,3,5-7,10-11H2,1-2H3,(H,20,24)(H,21,22). The highest BCUT2D eigenvalue weighted by molar-refractivity contribution is 5.76. The number of anilines is 1. The number of aromatic amines is 1. The van der Waals surface area contributed by atoms with E-state index in [0.717, 1.165) is 48.8 Å². The molecule has 3 heterocycles. The van der Waals surface area contributed by atoms with Gasteiger partial charge in [0.1, 0.15) is 0 Å². The van der Waals surface area contributed by atoms with E-state index >= 15 is 0 Å². The van der Waals surface area contributed by atoms with Crippen LogP contribution in [0.4, 0.5) is 5.95 Å². The number of H-pyrrole nitrogens is 1. The van der Waals surface area contributed by atoms with Crippen LogP contribution in [-0.2, 0) is 11.2 Å². The normalized spacial score (nSPS) is 17.8. The van der Waals surface area contributed by atoms with Crippen molar-refractivity contribution in [2.75, 3.05) is 18.0 Å². The van der Waals surface area contributed by atoms with Gasteiger partial charge in [0.05, 0.1) is 5.69 Å². The first kappa shape index (κ1) is 16.4. The van der Waals surface area contributed by atoms with Gasteiger partial charge in [0.2, 0.25) is 11.9 Å². The van der Waals surface area contributed by atoms with Crippen LogP contribution in [0.5, 0.6) is 0 Å². The zero-order chi connectivity index (χ0) is 16.9. The first-order valence-corrected chi connectivity index (χ1v) is 8.45. The molecule has 1 aliphatic heterocycles. The van der Waals surface area contributed by atoms with E-state index < -0.39 is 0 Å². The van der Waals surface area contributed by atoms with Crippen molar-refractivity contribution in [2.24, 2.45) is 0 Å². The van der Waals surface area contributed by atoms with Gasteiger partial charge in [-0.2, -0.15) is 5.10 Å². The van der Waals surface area contributed by atoms with Gasteiger partial charge < -0.3 is 10.2 Å². The van der Waals surface area contributed by atoms with Crippen LogP contribution >= 0.6 is 0 Å². The highest BCUT2D eigenvalue weighted by Crippen LogP contribution is 2.16. The number of hydrogen-bond donors (Lipinski definition) is 2. The van der Waals surface area contributed by atoms with Gasteiger partial charge in [-0.1, -0.05) is 0 Å². The van der Waals surface area contributed by atoms with Crippen molar-refractivity contribution in [1.82, 2.24) is 25.5 Å². The first-order chi connectivity index (χ1) is 11.6. The lowest BCUT2D eigenvalue weighted by atomic mass is 10.1. The van der Waals surface area contributed by atoms with E-state index in [-0.39, 0.29) is 11.9 Å². The molecule has 0 saturated carbocycles. The SMILES string of the molecule is Cc1[nH]nc(CCC(=O)NC2CCCN(c3ncccn3)C2)c1C. The maximum absolute atomic E-state index is 12.2. The van der Waals surface area contributed by atoms with Gasteiger partial charge in [0.25, 0.3) is 0 Å². The summed E-state index contributed by atoms with van der Waals surface area (Å²) in [6.07, 6.45) is 6.65. The largest absolute Gasteiger partial charge is 0.352 e. The molecule has 1 saturated heterocycles. The van der Waals surface area contributed by atoms with Crippen molar-refractivity contribution in [3.05, 3.63) is 35.4 Å².